The van der Waals surface area contributed by atoms with Crippen molar-refractivity contribution in [2.24, 2.45) is 0 Å². The Morgan fingerprint density at radius 3 is 2.21 bits per heavy atom. The number of carbonyl (C=O) groups is 3. The summed E-state index contributed by atoms with van der Waals surface area (Å²) >= 11 is 0. The Labute approximate surface area is 140 Å². The van der Waals surface area contributed by atoms with Crippen LogP contribution in [0.5, 0.6) is 0 Å². The summed E-state index contributed by atoms with van der Waals surface area (Å²) in [6.45, 7) is 0.342. The Balaban J connectivity index is 1.96. The predicted molar refractivity (Wildman–Crippen MR) is 89.3 cm³/mol. The van der Waals surface area contributed by atoms with Crippen molar-refractivity contribution in [3.63, 3.8) is 0 Å². The maximum Gasteiger partial charge on any atom is 0.337 e. The summed E-state index contributed by atoms with van der Waals surface area (Å²) in [6.07, 6.45) is 0. The average Bonchev–Trinajstić information content (AvgIpc) is 2.61. The minimum Gasteiger partial charge on any atom is -0.465 e. The van der Waals surface area contributed by atoms with E-state index in [0.717, 1.165) is 5.56 Å². The number of anilines is 1. The molecule has 124 valence electrons. The Kier molecular flexibility index (Phi) is 5.68. The highest BCUT2D eigenvalue weighted by molar-refractivity contribution is 6.39. The molecule has 0 aromatic heterocycles. The smallest absolute Gasteiger partial charge is 0.337 e. The molecule has 0 aliphatic rings. The highest BCUT2D eigenvalue weighted by atomic mass is 16.5. The van der Waals surface area contributed by atoms with Gasteiger partial charge in [-0.1, -0.05) is 30.3 Å². The van der Waals surface area contributed by atoms with Crippen LogP contribution in [0.1, 0.15) is 15.9 Å². The predicted octanol–water partition coefficient (Wildman–Crippen LogP) is 2.07. The molecule has 0 bridgehead atoms. The van der Waals surface area contributed by atoms with Crippen molar-refractivity contribution in [2.45, 2.75) is 6.54 Å². The quantitative estimate of drug-likeness (QED) is 0.689. The summed E-state index contributed by atoms with van der Waals surface area (Å²) in [5.74, 6) is -1.85. The van der Waals surface area contributed by atoms with Crippen LogP contribution < -0.4 is 5.32 Å². The molecule has 0 spiro atoms. The Morgan fingerprint density at radius 1 is 1.00 bits per heavy atom. The third kappa shape index (κ3) is 4.42. The van der Waals surface area contributed by atoms with Crippen LogP contribution >= 0.6 is 0 Å². The van der Waals surface area contributed by atoms with Gasteiger partial charge in [-0.3, -0.25) is 9.59 Å². The molecule has 0 saturated heterocycles. The Hall–Kier alpha value is -3.15. The Bertz CT molecular complexity index is 726. The first-order valence-electron chi connectivity index (χ1n) is 7.30. The molecule has 2 rings (SSSR count). The lowest BCUT2D eigenvalue weighted by atomic mass is 10.2. The number of nitrogens with one attached hydrogen (secondary N) is 1. The SMILES string of the molecule is COC(=O)c1ccc(NC(=O)C(=O)N(C)Cc2ccccc2)cc1. The number of amides is 2. The van der Waals surface area contributed by atoms with Crippen molar-refractivity contribution in [3.05, 3.63) is 65.7 Å². The summed E-state index contributed by atoms with van der Waals surface area (Å²) in [6, 6.07) is 15.5. The van der Waals surface area contributed by atoms with Crippen LogP contribution in [0.15, 0.2) is 54.6 Å². The lowest BCUT2D eigenvalue weighted by molar-refractivity contribution is -0.142. The van der Waals surface area contributed by atoms with Gasteiger partial charge >= 0.3 is 17.8 Å². The van der Waals surface area contributed by atoms with Gasteiger partial charge in [-0.15, -0.1) is 0 Å². The van der Waals surface area contributed by atoms with E-state index in [9.17, 15) is 14.4 Å². The molecule has 1 N–H and O–H groups in total. The number of methoxy groups -OCH3 is 1. The molecule has 0 fully saturated rings. The Morgan fingerprint density at radius 2 is 1.62 bits per heavy atom. The van der Waals surface area contributed by atoms with Gasteiger partial charge in [-0.05, 0) is 29.8 Å². The van der Waals surface area contributed by atoms with Gasteiger partial charge in [0.2, 0.25) is 0 Å². The van der Waals surface area contributed by atoms with Gasteiger partial charge in [0.25, 0.3) is 0 Å². The zero-order chi connectivity index (χ0) is 17.5. The van der Waals surface area contributed by atoms with Gasteiger partial charge in [0, 0.05) is 19.3 Å². The molecule has 0 saturated carbocycles. The fraction of sp³-hybridized carbons (Fsp3) is 0.167. The van der Waals surface area contributed by atoms with Crippen LogP contribution in [0.3, 0.4) is 0 Å². The molecule has 24 heavy (non-hydrogen) atoms. The molecular weight excluding hydrogens is 308 g/mol. The highest BCUT2D eigenvalue weighted by Gasteiger charge is 2.19. The van der Waals surface area contributed by atoms with Crippen molar-refractivity contribution in [1.29, 1.82) is 0 Å². The maximum atomic E-state index is 12.1. The minimum atomic E-state index is -0.737. The lowest BCUT2D eigenvalue weighted by Gasteiger charge is -2.16. The van der Waals surface area contributed by atoms with Crippen LogP contribution in [0, 0.1) is 0 Å². The van der Waals surface area contributed by atoms with E-state index < -0.39 is 17.8 Å². The normalized spacial score (nSPS) is 9.92. The molecule has 0 atom stereocenters. The number of esters is 1. The van der Waals surface area contributed by atoms with Gasteiger partial charge in [-0.25, -0.2) is 4.79 Å². The summed E-state index contributed by atoms with van der Waals surface area (Å²) < 4.78 is 4.60. The second-order valence-electron chi connectivity index (χ2n) is 5.17. The summed E-state index contributed by atoms with van der Waals surface area (Å²) in [5, 5.41) is 2.51. The number of likely N-dealkylation sites (N-methyl/N-ethyl adjacent to an activating group) is 1. The van der Waals surface area contributed by atoms with Crippen LogP contribution in [-0.2, 0) is 20.9 Å². The van der Waals surface area contributed by atoms with Crippen LogP contribution in [0.2, 0.25) is 0 Å². The molecule has 0 aliphatic carbocycles. The van der Waals surface area contributed by atoms with E-state index in [0.29, 0.717) is 17.8 Å². The van der Waals surface area contributed by atoms with Gasteiger partial charge < -0.3 is 15.0 Å². The molecule has 0 heterocycles. The van der Waals surface area contributed by atoms with Crippen LogP contribution in [0.25, 0.3) is 0 Å². The number of carbonyl (C=O) groups excluding carboxylic acids is 3. The molecule has 2 aromatic rings. The van der Waals surface area contributed by atoms with E-state index in [1.54, 1.807) is 7.05 Å². The second-order valence-corrected chi connectivity index (χ2v) is 5.17. The second kappa shape index (κ2) is 7.92. The van der Waals surface area contributed by atoms with Crippen molar-refractivity contribution in [2.75, 3.05) is 19.5 Å². The molecular formula is C18H18N2O4. The minimum absolute atomic E-state index is 0.342. The average molecular weight is 326 g/mol. The standard InChI is InChI=1S/C18H18N2O4/c1-20(12-13-6-4-3-5-7-13)17(22)16(21)19-15-10-8-14(9-11-15)18(23)24-2/h3-11H,12H2,1-2H3,(H,19,21). The molecule has 2 aromatic carbocycles. The molecule has 6 nitrogen and oxygen atoms in total. The third-order valence-corrected chi connectivity index (χ3v) is 3.37. The fourth-order valence-electron chi connectivity index (χ4n) is 2.09. The van der Waals surface area contributed by atoms with Crippen molar-refractivity contribution < 1.29 is 19.1 Å². The third-order valence-electron chi connectivity index (χ3n) is 3.37. The molecule has 0 unspecified atom stereocenters. The van der Waals surface area contributed by atoms with Gasteiger partial charge in [0.1, 0.15) is 0 Å². The van der Waals surface area contributed by atoms with Gasteiger partial charge in [0.15, 0.2) is 0 Å². The zero-order valence-corrected chi connectivity index (χ0v) is 13.5. The van der Waals surface area contributed by atoms with Crippen molar-refractivity contribution >= 4 is 23.5 Å². The van der Waals surface area contributed by atoms with Gasteiger partial charge in [0.05, 0.1) is 12.7 Å². The summed E-state index contributed by atoms with van der Waals surface area (Å²) in [7, 11) is 2.86. The van der Waals surface area contributed by atoms with Crippen molar-refractivity contribution in [3.8, 4) is 0 Å². The first-order valence-corrected chi connectivity index (χ1v) is 7.30. The van der Waals surface area contributed by atoms with E-state index in [1.165, 1.54) is 36.3 Å². The number of ether oxygens (including phenoxy) is 1. The number of rotatable bonds is 4. The maximum absolute atomic E-state index is 12.1. The number of benzene rings is 2. The van der Waals surface area contributed by atoms with Crippen LogP contribution in [0.4, 0.5) is 5.69 Å². The lowest BCUT2D eigenvalue weighted by Crippen LogP contribution is -2.36. The monoisotopic (exact) mass is 326 g/mol. The number of hydrogen-bond acceptors (Lipinski definition) is 4. The van der Waals surface area contributed by atoms with Crippen LogP contribution in [-0.4, -0.2) is 36.8 Å². The fourth-order valence-corrected chi connectivity index (χ4v) is 2.09. The summed E-state index contributed by atoms with van der Waals surface area (Å²) in [4.78, 5) is 36.8. The topological polar surface area (TPSA) is 75.7 Å². The first-order chi connectivity index (χ1) is 11.5. The molecule has 2 amide bonds. The highest BCUT2D eigenvalue weighted by Crippen LogP contribution is 2.11. The number of nitrogens with zero attached hydrogens (tertiary/aromatic N) is 1. The van der Waals surface area contributed by atoms with Crippen molar-refractivity contribution in [1.82, 2.24) is 4.90 Å². The van der Waals surface area contributed by atoms with E-state index in [1.807, 2.05) is 30.3 Å². The summed E-state index contributed by atoms with van der Waals surface area (Å²) in [5.41, 5.74) is 1.72. The van der Waals surface area contributed by atoms with Gasteiger partial charge in [-0.2, -0.15) is 0 Å². The number of hydrogen-bond donors (Lipinski definition) is 1. The molecule has 0 aliphatic heterocycles. The molecule has 6 heteroatoms. The zero-order valence-electron chi connectivity index (χ0n) is 13.5. The van der Waals surface area contributed by atoms with E-state index in [-0.39, 0.29) is 0 Å². The first kappa shape index (κ1) is 17.2. The van der Waals surface area contributed by atoms with E-state index in [2.05, 4.69) is 10.1 Å². The van der Waals surface area contributed by atoms with E-state index >= 15 is 0 Å². The largest absolute Gasteiger partial charge is 0.465 e. The van der Waals surface area contributed by atoms with E-state index in [4.69, 9.17) is 0 Å². The molecule has 0 radical (unpaired) electrons.